The third-order valence-electron chi connectivity index (χ3n) is 7.29. The van der Waals surface area contributed by atoms with E-state index in [1.54, 1.807) is 50.2 Å². The highest BCUT2D eigenvalue weighted by atomic mass is 79.9. The van der Waals surface area contributed by atoms with E-state index in [2.05, 4.69) is 54.2 Å². The van der Waals surface area contributed by atoms with Gasteiger partial charge in [0.1, 0.15) is 16.7 Å². The van der Waals surface area contributed by atoms with Crippen LogP contribution in [0.15, 0.2) is 51.3 Å². The van der Waals surface area contributed by atoms with E-state index in [1.807, 2.05) is 0 Å². The van der Waals surface area contributed by atoms with Crippen molar-refractivity contribution >= 4 is 51.8 Å². The van der Waals surface area contributed by atoms with Gasteiger partial charge in [-0.15, -0.1) is 4.40 Å². The molecule has 0 fully saturated rings. The second-order valence-corrected chi connectivity index (χ2v) is 19.4. The first kappa shape index (κ1) is 30.3. The monoisotopic (exact) mass is 631 g/mol. The van der Waals surface area contributed by atoms with Crippen LogP contribution in [0.25, 0.3) is 0 Å². The van der Waals surface area contributed by atoms with E-state index >= 15 is 0 Å². The fraction of sp³-hybridized carbons (Fsp3) is 0.519. The van der Waals surface area contributed by atoms with Crippen LogP contribution in [0.4, 0.5) is 4.39 Å². The molecule has 0 bridgehead atoms. The highest BCUT2D eigenvalue weighted by molar-refractivity contribution is 9.10. The molecule has 0 aliphatic carbocycles. The molecule has 0 spiro atoms. The lowest BCUT2D eigenvalue weighted by atomic mass is 9.92. The lowest BCUT2D eigenvalue weighted by Gasteiger charge is -2.38. The lowest BCUT2D eigenvalue weighted by Crippen LogP contribution is -2.43. The van der Waals surface area contributed by atoms with Crippen molar-refractivity contribution in [2.24, 2.45) is 4.40 Å². The molecule has 0 saturated heterocycles. The van der Waals surface area contributed by atoms with Gasteiger partial charge in [0.25, 0.3) is 10.0 Å². The summed E-state index contributed by atoms with van der Waals surface area (Å²) in [6.45, 7) is 14.8. The van der Waals surface area contributed by atoms with Gasteiger partial charge in [0.15, 0.2) is 8.32 Å². The van der Waals surface area contributed by atoms with Crippen LogP contribution < -0.4 is 0 Å². The topological polar surface area (TPSA) is 65.0 Å². The zero-order valence-corrected chi connectivity index (χ0v) is 26.6. The predicted molar refractivity (Wildman–Crippen MR) is 155 cm³/mol. The molecule has 37 heavy (non-hydrogen) atoms. The molecular weight excluding hydrogens is 597 g/mol. The number of sulfonamides is 1. The van der Waals surface area contributed by atoms with Crippen LogP contribution in [0.5, 0.6) is 0 Å². The molecule has 5 nitrogen and oxygen atoms in total. The van der Waals surface area contributed by atoms with Crippen LogP contribution in [0.2, 0.25) is 23.2 Å². The Morgan fingerprint density at radius 1 is 1.19 bits per heavy atom. The lowest BCUT2D eigenvalue weighted by molar-refractivity contribution is 0.0798. The molecule has 3 rings (SSSR count). The van der Waals surface area contributed by atoms with E-state index < -0.39 is 35.0 Å². The summed E-state index contributed by atoms with van der Waals surface area (Å²) < 4.78 is 58.7. The summed E-state index contributed by atoms with van der Waals surface area (Å²) in [7, 11) is -5.95. The molecule has 2 atom stereocenters. The average Bonchev–Trinajstić information content (AvgIpc) is 2.74. The van der Waals surface area contributed by atoms with Crippen molar-refractivity contribution in [3.63, 3.8) is 0 Å². The molecule has 10 heteroatoms. The van der Waals surface area contributed by atoms with Gasteiger partial charge in [-0.25, -0.2) is 12.8 Å². The fourth-order valence-electron chi connectivity index (χ4n) is 4.31. The van der Waals surface area contributed by atoms with Gasteiger partial charge in [0.2, 0.25) is 5.90 Å². The Bertz CT molecular complexity index is 1260. The van der Waals surface area contributed by atoms with Crippen molar-refractivity contribution in [3.05, 3.63) is 68.9 Å². The number of halogens is 3. The summed E-state index contributed by atoms with van der Waals surface area (Å²) in [5.74, 6) is -0.776. The Kier molecular flexibility index (Phi) is 9.07. The fourth-order valence-corrected chi connectivity index (χ4v) is 7.68. The Labute approximate surface area is 235 Å². The number of benzene rings is 2. The third kappa shape index (κ3) is 7.04. The molecule has 204 valence electrons. The number of ether oxygens (including phenoxy) is 1. The zero-order chi connectivity index (χ0) is 27.8. The maximum Gasteiger partial charge on any atom is 0.267 e. The van der Waals surface area contributed by atoms with E-state index in [4.69, 9.17) is 20.8 Å². The predicted octanol–water partition coefficient (Wildman–Crippen LogP) is 8.41. The van der Waals surface area contributed by atoms with Crippen molar-refractivity contribution < 1.29 is 22.0 Å². The van der Waals surface area contributed by atoms with Gasteiger partial charge in [-0.2, -0.15) is 0 Å². The van der Waals surface area contributed by atoms with Gasteiger partial charge in [0.05, 0.1) is 5.02 Å². The van der Waals surface area contributed by atoms with E-state index in [1.165, 1.54) is 6.07 Å². The minimum absolute atomic E-state index is 0.0195. The molecule has 0 N–H and O–H groups in total. The quantitative estimate of drug-likeness (QED) is 0.274. The Morgan fingerprint density at radius 2 is 1.81 bits per heavy atom. The molecule has 0 radical (unpaired) electrons. The Balaban J connectivity index is 1.93. The molecule has 1 heterocycles. The molecule has 1 aliphatic rings. The van der Waals surface area contributed by atoms with E-state index in [9.17, 15) is 12.8 Å². The van der Waals surface area contributed by atoms with Gasteiger partial charge >= 0.3 is 0 Å². The van der Waals surface area contributed by atoms with E-state index in [-0.39, 0.29) is 28.3 Å². The maximum atomic E-state index is 14.4. The minimum atomic E-state index is -3.94. The van der Waals surface area contributed by atoms with Crippen LogP contribution in [0.1, 0.15) is 69.8 Å². The van der Waals surface area contributed by atoms with Gasteiger partial charge < -0.3 is 9.16 Å². The van der Waals surface area contributed by atoms with Crippen molar-refractivity contribution in [2.45, 2.75) is 82.4 Å². The van der Waals surface area contributed by atoms with Crippen LogP contribution >= 0.6 is 27.5 Å². The van der Waals surface area contributed by atoms with Gasteiger partial charge in [-0.3, -0.25) is 0 Å². The molecule has 0 saturated carbocycles. The van der Waals surface area contributed by atoms with Crippen LogP contribution in [-0.4, -0.2) is 34.8 Å². The molecule has 2 aromatic carbocycles. The summed E-state index contributed by atoms with van der Waals surface area (Å²) in [4.78, 5) is 0. The first-order valence-corrected chi connectivity index (χ1v) is 17.9. The third-order valence-corrected chi connectivity index (χ3v) is 14.6. The van der Waals surface area contributed by atoms with Crippen molar-refractivity contribution in [1.29, 1.82) is 0 Å². The largest absolute Gasteiger partial charge is 0.472 e. The van der Waals surface area contributed by atoms with Crippen molar-refractivity contribution in [2.75, 3.05) is 6.61 Å². The minimum Gasteiger partial charge on any atom is -0.472 e. The summed E-state index contributed by atoms with van der Waals surface area (Å²) in [5.41, 5.74) is 0.109. The second-order valence-electron chi connectivity index (χ2n) is 11.6. The first-order valence-electron chi connectivity index (χ1n) is 12.3. The van der Waals surface area contributed by atoms with Gasteiger partial charge in [-0.05, 0) is 73.6 Å². The smallest absolute Gasteiger partial charge is 0.267 e. The number of hydrogen-bond acceptors (Lipinski definition) is 4. The molecule has 0 amide bonds. The maximum absolute atomic E-state index is 14.4. The van der Waals surface area contributed by atoms with Crippen LogP contribution in [-0.2, 0) is 19.2 Å². The van der Waals surface area contributed by atoms with Gasteiger partial charge in [0, 0.05) is 17.5 Å². The average molecular weight is 633 g/mol. The summed E-state index contributed by atoms with van der Waals surface area (Å²) in [6, 6.07) is 11.8. The number of hydrogen-bond donors (Lipinski definition) is 0. The normalized spacial score (nSPS) is 20.2. The SMILES string of the molecule is CC1(C)OC(C[C@@H](CCO[Si](C)(C)C(C)(C)C)c2cccc(F)c2Cl)=NS(=O)(=O)C1c1ccc(Br)cc1. The summed E-state index contributed by atoms with van der Waals surface area (Å²) in [5, 5.41) is -0.906. The summed E-state index contributed by atoms with van der Waals surface area (Å²) in [6.07, 6.45) is 0.661. The Hall–Kier alpha value is -1.26. The van der Waals surface area contributed by atoms with E-state index in [0.717, 1.165) is 4.47 Å². The van der Waals surface area contributed by atoms with Crippen molar-refractivity contribution in [1.82, 2.24) is 0 Å². The van der Waals surface area contributed by atoms with E-state index in [0.29, 0.717) is 24.2 Å². The highest BCUT2D eigenvalue weighted by Crippen LogP contribution is 2.43. The molecular formula is C27H36BrClFNO4SSi. The standard InChI is InChI=1S/C27H36BrClFNO4SSi/c1-26(2,3)37(6,7)34-16-15-19(21-9-8-10-22(30)24(21)29)17-23-31-36(32,33)25(27(4,5)35-23)18-11-13-20(28)14-12-18/h8-14,19,25H,15-17H2,1-7H3/t19-,25?/m1/s1. The summed E-state index contributed by atoms with van der Waals surface area (Å²) >= 11 is 9.75. The second kappa shape index (κ2) is 11.1. The molecule has 0 aromatic heterocycles. The zero-order valence-electron chi connectivity index (χ0n) is 22.4. The number of rotatable bonds is 8. The van der Waals surface area contributed by atoms with Crippen LogP contribution in [0.3, 0.4) is 0 Å². The number of nitrogens with zero attached hydrogens (tertiary/aromatic N) is 1. The first-order chi connectivity index (χ1) is 16.9. The van der Waals surface area contributed by atoms with Crippen molar-refractivity contribution in [3.8, 4) is 0 Å². The molecule has 2 aromatic rings. The van der Waals surface area contributed by atoms with Gasteiger partial charge in [-0.1, -0.05) is 72.6 Å². The van der Waals surface area contributed by atoms with Crippen LogP contribution in [0, 0.1) is 5.82 Å². The molecule has 1 unspecified atom stereocenters. The highest BCUT2D eigenvalue weighted by Gasteiger charge is 2.47. The molecule has 1 aliphatic heterocycles. The Morgan fingerprint density at radius 3 is 2.38 bits per heavy atom.